The van der Waals surface area contributed by atoms with Gasteiger partial charge in [0.15, 0.2) is 0 Å². The van der Waals surface area contributed by atoms with E-state index >= 15 is 0 Å². The van der Waals surface area contributed by atoms with E-state index in [4.69, 9.17) is 0 Å². The van der Waals surface area contributed by atoms with Crippen molar-refractivity contribution in [2.75, 3.05) is 23.5 Å². The smallest absolute Gasteiger partial charge is 0.326 e. The minimum atomic E-state index is -1.08. The number of hydrogen-bond acceptors (Lipinski definition) is 5. The third kappa shape index (κ3) is 4.95. The van der Waals surface area contributed by atoms with Crippen molar-refractivity contribution in [3.63, 3.8) is 0 Å². The Morgan fingerprint density at radius 3 is 2.65 bits per heavy atom. The average molecular weight is 448 g/mol. The summed E-state index contributed by atoms with van der Waals surface area (Å²) in [5.41, 5.74) is 1.77. The second-order valence-corrected chi connectivity index (χ2v) is 8.68. The number of nitrogens with zero attached hydrogens (tertiary/aromatic N) is 3. The molecule has 2 aromatic rings. The number of carbonyl (C=O) groups is 3. The van der Waals surface area contributed by atoms with Crippen LogP contribution in [0.25, 0.3) is 11.0 Å². The second-order valence-electron chi connectivity index (χ2n) is 7.70. The summed E-state index contributed by atoms with van der Waals surface area (Å²) in [7, 11) is 0. The van der Waals surface area contributed by atoms with Crippen LogP contribution in [0.2, 0.25) is 0 Å². The minimum Gasteiger partial charge on any atom is -0.480 e. The highest BCUT2D eigenvalue weighted by Crippen LogP contribution is 2.27. The van der Waals surface area contributed by atoms with E-state index in [2.05, 4.69) is 15.6 Å². The Hall–Kier alpha value is -2.75. The summed E-state index contributed by atoms with van der Waals surface area (Å²) < 4.78 is 1.98. The minimum absolute atomic E-state index is 0.166. The SMILES string of the molecule is CCC(C)[C@H](NC(=O)N1CCn2c1nc1ccccc12)C(=O)N[C@@H](CCSC)C(=O)O. The molecule has 3 amide bonds. The van der Waals surface area contributed by atoms with Gasteiger partial charge in [0, 0.05) is 13.1 Å². The predicted molar refractivity (Wildman–Crippen MR) is 121 cm³/mol. The van der Waals surface area contributed by atoms with Crippen molar-refractivity contribution in [1.82, 2.24) is 20.2 Å². The fourth-order valence-electron chi connectivity index (χ4n) is 3.65. The standard InChI is InChI=1S/C21H29N5O4S/c1-4-13(2)17(18(27)22-15(19(28)29)9-12-31-3)24-21(30)26-11-10-25-16-8-6-5-7-14(16)23-20(25)26/h5-8,13,15,17H,4,9-12H2,1-3H3,(H,22,27)(H,24,30)(H,28,29)/t13?,15-,17-/m0/s1. The first kappa shape index (κ1) is 22.9. The van der Waals surface area contributed by atoms with Crippen LogP contribution in [-0.2, 0) is 16.1 Å². The summed E-state index contributed by atoms with van der Waals surface area (Å²) in [4.78, 5) is 43.6. The fourth-order valence-corrected chi connectivity index (χ4v) is 4.12. The Morgan fingerprint density at radius 1 is 1.23 bits per heavy atom. The maximum atomic E-state index is 13.1. The van der Waals surface area contributed by atoms with Crippen molar-refractivity contribution in [3.05, 3.63) is 24.3 Å². The van der Waals surface area contributed by atoms with Crippen molar-refractivity contribution >= 4 is 46.7 Å². The number of aliphatic carboxylic acids is 1. The number of aromatic nitrogens is 2. The van der Waals surface area contributed by atoms with Gasteiger partial charge in [-0.3, -0.25) is 9.69 Å². The third-order valence-corrected chi connectivity index (χ3v) is 6.31. The van der Waals surface area contributed by atoms with Gasteiger partial charge in [-0.1, -0.05) is 32.4 Å². The molecule has 1 aromatic carbocycles. The zero-order chi connectivity index (χ0) is 22.5. The molecule has 0 saturated carbocycles. The van der Waals surface area contributed by atoms with E-state index in [-0.39, 0.29) is 5.92 Å². The summed E-state index contributed by atoms with van der Waals surface area (Å²) in [6, 6.07) is 5.45. The lowest BCUT2D eigenvalue weighted by Gasteiger charge is -2.27. The highest BCUT2D eigenvalue weighted by atomic mass is 32.2. The lowest BCUT2D eigenvalue weighted by molar-refractivity contribution is -0.142. The molecule has 31 heavy (non-hydrogen) atoms. The Kier molecular flexibility index (Phi) is 7.42. The lowest BCUT2D eigenvalue weighted by atomic mass is 9.98. The first-order valence-electron chi connectivity index (χ1n) is 10.4. The maximum absolute atomic E-state index is 13.1. The lowest BCUT2D eigenvalue weighted by Crippen LogP contribution is -2.56. The van der Waals surface area contributed by atoms with Gasteiger partial charge in [0.1, 0.15) is 12.1 Å². The topological polar surface area (TPSA) is 117 Å². The van der Waals surface area contributed by atoms with Crippen LogP contribution in [0.1, 0.15) is 26.7 Å². The van der Waals surface area contributed by atoms with Gasteiger partial charge in [-0.05, 0) is 36.5 Å². The Bertz CT molecular complexity index is 962. The predicted octanol–water partition coefficient (Wildman–Crippen LogP) is 2.30. The molecule has 1 aliphatic rings. The van der Waals surface area contributed by atoms with Crippen molar-refractivity contribution < 1.29 is 19.5 Å². The highest BCUT2D eigenvalue weighted by molar-refractivity contribution is 7.98. The molecule has 1 unspecified atom stereocenters. The first-order chi connectivity index (χ1) is 14.9. The summed E-state index contributed by atoms with van der Waals surface area (Å²) in [6.07, 6.45) is 2.85. The van der Waals surface area contributed by atoms with Gasteiger partial charge in [-0.15, -0.1) is 0 Å². The fraction of sp³-hybridized carbons (Fsp3) is 0.524. The zero-order valence-electron chi connectivity index (χ0n) is 18.0. The molecule has 9 nitrogen and oxygen atoms in total. The number of carboxylic acids is 1. The summed E-state index contributed by atoms with van der Waals surface area (Å²) in [5, 5.41) is 14.8. The summed E-state index contributed by atoms with van der Waals surface area (Å²) in [6.45, 7) is 4.87. The molecule has 0 bridgehead atoms. The van der Waals surface area contributed by atoms with Crippen molar-refractivity contribution in [2.24, 2.45) is 5.92 Å². The number of rotatable bonds is 9. The largest absolute Gasteiger partial charge is 0.480 e. The molecule has 2 heterocycles. The molecule has 0 radical (unpaired) electrons. The van der Waals surface area contributed by atoms with Crippen LogP contribution in [0.5, 0.6) is 0 Å². The quantitative estimate of drug-likeness (QED) is 0.543. The van der Waals surface area contributed by atoms with Gasteiger partial charge in [-0.2, -0.15) is 11.8 Å². The molecule has 168 valence electrons. The van der Waals surface area contributed by atoms with Crippen LogP contribution in [0.3, 0.4) is 0 Å². The molecule has 1 aromatic heterocycles. The van der Waals surface area contributed by atoms with Gasteiger partial charge >= 0.3 is 12.0 Å². The van der Waals surface area contributed by atoms with Gasteiger partial charge in [0.2, 0.25) is 11.9 Å². The van der Waals surface area contributed by atoms with Crippen molar-refractivity contribution in [2.45, 2.75) is 45.3 Å². The van der Waals surface area contributed by atoms with Crippen molar-refractivity contribution in [1.29, 1.82) is 0 Å². The van der Waals surface area contributed by atoms with Gasteiger partial charge in [0.05, 0.1) is 11.0 Å². The van der Waals surface area contributed by atoms with Crippen LogP contribution in [-0.4, -0.2) is 63.2 Å². The Morgan fingerprint density at radius 2 is 1.97 bits per heavy atom. The van der Waals surface area contributed by atoms with E-state index in [1.54, 1.807) is 0 Å². The average Bonchev–Trinajstić information content (AvgIpc) is 3.33. The number of urea groups is 1. The molecule has 0 fully saturated rings. The van der Waals surface area contributed by atoms with E-state index in [0.717, 1.165) is 11.0 Å². The number of amides is 3. The van der Waals surface area contributed by atoms with Crippen LogP contribution in [0.4, 0.5) is 10.7 Å². The highest BCUT2D eigenvalue weighted by Gasteiger charge is 2.34. The zero-order valence-corrected chi connectivity index (χ0v) is 18.8. The number of carboxylic acid groups (broad SMARTS) is 1. The Balaban J connectivity index is 1.75. The van der Waals surface area contributed by atoms with E-state index in [1.165, 1.54) is 16.7 Å². The van der Waals surface area contributed by atoms with Crippen LogP contribution in [0, 0.1) is 5.92 Å². The molecule has 0 spiro atoms. The van der Waals surface area contributed by atoms with Crippen LogP contribution < -0.4 is 15.5 Å². The molecular weight excluding hydrogens is 418 g/mol. The number of carbonyl (C=O) groups excluding carboxylic acids is 2. The Labute approximate surface area is 185 Å². The van der Waals surface area contributed by atoms with E-state index < -0.39 is 30.0 Å². The van der Waals surface area contributed by atoms with E-state index in [9.17, 15) is 19.5 Å². The third-order valence-electron chi connectivity index (χ3n) is 5.67. The molecule has 3 rings (SSSR count). The van der Waals surface area contributed by atoms with E-state index in [1.807, 2.05) is 48.9 Å². The number of benzene rings is 1. The summed E-state index contributed by atoms with van der Waals surface area (Å²) >= 11 is 1.52. The van der Waals surface area contributed by atoms with Crippen LogP contribution >= 0.6 is 11.8 Å². The number of nitrogens with one attached hydrogen (secondary N) is 2. The van der Waals surface area contributed by atoms with Gasteiger partial charge in [0.25, 0.3) is 0 Å². The molecule has 3 N–H and O–H groups in total. The van der Waals surface area contributed by atoms with Gasteiger partial charge in [-0.25, -0.2) is 14.6 Å². The first-order valence-corrected chi connectivity index (χ1v) is 11.8. The monoisotopic (exact) mass is 447 g/mol. The number of para-hydroxylation sites is 2. The molecule has 0 aliphatic carbocycles. The number of hydrogen-bond donors (Lipinski definition) is 3. The van der Waals surface area contributed by atoms with Crippen molar-refractivity contribution in [3.8, 4) is 0 Å². The molecule has 0 saturated heterocycles. The molecule has 10 heteroatoms. The summed E-state index contributed by atoms with van der Waals surface area (Å²) in [5.74, 6) is -0.568. The van der Waals surface area contributed by atoms with Gasteiger partial charge < -0.3 is 20.3 Å². The maximum Gasteiger partial charge on any atom is 0.326 e. The van der Waals surface area contributed by atoms with Crippen LogP contribution in [0.15, 0.2) is 24.3 Å². The number of anilines is 1. The molecule has 1 aliphatic heterocycles. The number of thioether (sulfide) groups is 1. The number of fused-ring (bicyclic) bond motifs is 3. The normalized spacial score (nSPS) is 15.9. The van der Waals surface area contributed by atoms with E-state index in [0.29, 0.717) is 37.6 Å². The molecular formula is C21H29N5O4S. The second kappa shape index (κ2) is 10.0. The molecule has 3 atom stereocenters. The number of imidazole rings is 1.